The second-order valence-electron chi connectivity index (χ2n) is 3.40. The Labute approximate surface area is 66.0 Å². The maximum absolute atomic E-state index is 12.2. The van der Waals surface area contributed by atoms with Crippen LogP contribution in [0.1, 0.15) is 26.7 Å². The molecule has 0 heterocycles. The summed E-state index contributed by atoms with van der Waals surface area (Å²) in [5.74, 6) is 3.57. The van der Waals surface area contributed by atoms with Gasteiger partial charge in [0.15, 0.2) is 0 Å². The molecule has 0 radical (unpaired) electrons. The van der Waals surface area contributed by atoms with E-state index >= 15 is 0 Å². The second-order valence-corrected chi connectivity index (χ2v) is 3.40. The molecule has 2 heteroatoms. The van der Waals surface area contributed by atoms with E-state index in [9.17, 15) is 8.78 Å². The summed E-state index contributed by atoms with van der Waals surface area (Å²) in [4.78, 5) is 0. The van der Waals surface area contributed by atoms with E-state index in [2.05, 4.69) is 11.8 Å². The standard InChI is InChI=1S/C9H12F2/c1-7(2)3-4-8-5-9(10,11)6-8/h7-8H,5-6H2,1-2H3. The number of hydrogen-bond donors (Lipinski definition) is 0. The van der Waals surface area contributed by atoms with Gasteiger partial charge in [0.1, 0.15) is 0 Å². The maximum Gasteiger partial charge on any atom is 0.250 e. The molecule has 0 bridgehead atoms. The van der Waals surface area contributed by atoms with Crippen molar-refractivity contribution in [1.82, 2.24) is 0 Å². The van der Waals surface area contributed by atoms with Crippen LogP contribution in [-0.4, -0.2) is 5.92 Å². The summed E-state index contributed by atoms with van der Waals surface area (Å²) < 4.78 is 24.5. The smallest absolute Gasteiger partial charge is 0.207 e. The molecular weight excluding hydrogens is 146 g/mol. The minimum Gasteiger partial charge on any atom is -0.207 e. The molecule has 1 fully saturated rings. The first-order valence-corrected chi connectivity index (χ1v) is 3.88. The van der Waals surface area contributed by atoms with Gasteiger partial charge in [-0.15, -0.1) is 5.92 Å². The van der Waals surface area contributed by atoms with E-state index in [1.807, 2.05) is 13.8 Å². The Balaban J connectivity index is 2.30. The highest BCUT2D eigenvalue weighted by molar-refractivity contribution is 5.11. The summed E-state index contributed by atoms with van der Waals surface area (Å²) in [5.41, 5.74) is 0. The zero-order chi connectivity index (χ0) is 8.48. The average Bonchev–Trinajstić information content (AvgIpc) is 1.78. The number of alkyl halides is 2. The summed E-state index contributed by atoms with van der Waals surface area (Å²) in [5, 5.41) is 0. The molecule has 11 heavy (non-hydrogen) atoms. The highest BCUT2D eigenvalue weighted by Crippen LogP contribution is 2.41. The van der Waals surface area contributed by atoms with Crippen molar-refractivity contribution in [3.63, 3.8) is 0 Å². The predicted octanol–water partition coefficient (Wildman–Crippen LogP) is 2.69. The van der Waals surface area contributed by atoms with Crippen molar-refractivity contribution in [3.8, 4) is 11.8 Å². The summed E-state index contributed by atoms with van der Waals surface area (Å²) in [6, 6.07) is 0. The van der Waals surface area contributed by atoms with Gasteiger partial charge in [0, 0.05) is 24.7 Å². The van der Waals surface area contributed by atoms with Crippen LogP contribution in [0.25, 0.3) is 0 Å². The van der Waals surface area contributed by atoms with E-state index in [0.29, 0.717) is 5.92 Å². The van der Waals surface area contributed by atoms with E-state index in [1.54, 1.807) is 0 Å². The molecule has 62 valence electrons. The summed E-state index contributed by atoms with van der Waals surface area (Å²) in [6.45, 7) is 3.92. The van der Waals surface area contributed by atoms with Crippen molar-refractivity contribution >= 4 is 0 Å². The minimum atomic E-state index is -2.42. The first-order valence-electron chi connectivity index (χ1n) is 3.88. The van der Waals surface area contributed by atoms with Crippen LogP contribution in [0.15, 0.2) is 0 Å². The lowest BCUT2D eigenvalue weighted by Crippen LogP contribution is -2.34. The molecule has 0 aliphatic heterocycles. The van der Waals surface area contributed by atoms with Crippen molar-refractivity contribution in [1.29, 1.82) is 0 Å². The molecule has 0 nitrogen and oxygen atoms in total. The predicted molar refractivity (Wildman–Crippen MR) is 40.3 cm³/mol. The Hall–Kier alpha value is -0.580. The molecule has 0 aromatic rings. The third-order valence-corrected chi connectivity index (χ3v) is 1.67. The number of halogens is 2. The second kappa shape index (κ2) is 2.81. The molecule has 0 N–H and O–H groups in total. The van der Waals surface area contributed by atoms with Gasteiger partial charge in [-0.25, -0.2) is 8.78 Å². The molecule has 0 saturated heterocycles. The van der Waals surface area contributed by atoms with Crippen molar-refractivity contribution in [2.24, 2.45) is 11.8 Å². The summed E-state index contributed by atoms with van der Waals surface area (Å²) >= 11 is 0. The Bertz CT molecular complexity index is 187. The molecule has 0 spiro atoms. The van der Waals surface area contributed by atoms with Gasteiger partial charge < -0.3 is 0 Å². The van der Waals surface area contributed by atoms with Crippen LogP contribution in [-0.2, 0) is 0 Å². The zero-order valence-electron chi connectivity index (χ0n) is 6.82. The molecule has 0 amide bonds. The van der Waals surface area contributed by atoms with Crippen LogP contribution in [0.5, 0.6) is 0 Å². The molecule has 1 saturated carbocycles. The van der Waals surface area contributed by atoms with Gasteiger partial charge in [-0.1, -0.05) is 19.8 Å². The number of hydrogen-bond acceptors (Lipinski definition) is 0. The lowest BCUT2D eigenvalue weighted by molar-refractivity contribution is -0.0937. The summed E-state index contributed by atoms with van der Waals surface area (Å²) in [6.07, 6.45) is -0.0700. The van der Waals surface area contributed by atoms with E-state index in [1.165, 1.54) is 0 Å². The first kappa shape index (κ1) is 8.52. The van der Waals surface area contributed by atoms with Crippen LogP contribution in [0.3, 0.4) is 0 Å². The average molecular weight is 158 g/mol. The lowest BCUT2D eigenvalue weighted by atomic mass is 9.82. The van der Waals surface area contributed by atoms with Gasteiger partial charge >= 0.3 is 0 Å². The van der Waals surface area contributed by atoms with Crippen molar-refractivity contribution in [3.05, 3.63) is 0 Å². The monoisotopic (exact) mass is 158 g/mol. The maximum atomic E-state index is 12.2. The Morgan fingerprint density at radius 3 is 2.27 bits per heavy atom. The molecule has 0 aromatic carbocycles. The fraction of sp³-hybridized carbons (Fsp3) is 0.778. The van der Waals surface area contributed by atoms with Crippen LogP contribution in [0.4, 0.5) is 8.78 Å². The van der Waals surface area contributed by atoms with Crippen molar-refractivity contribution < 1.29 is 8.78 Å². The minimum absolute atomic E-state index is 0.0350. The van der Waals surface area contributed by atoms with E-state index in [4.69, 9.17) is 0 Å². The Morgan fingerprint density at radius 2 is 1.91 bits per heavy atom. The van der Waals surface area contributed by atoms with Gasteiger partial charge in [-0.3, -0.25) is 0 Å². The number of rotatable bonds is 0. The van der Waals surface area contributed by atoms with Crippen LogP contribution in [0.2, 0.25) is 0 Å². The van der Waals surface area contributed by atoms with Crippen molar-refractivity contribution in [2.45, 2.75) is 32.6 Å². The molecule has 0 unspecified atom stereocenters. The fourth-order valence-corrected chi connectivity index (χ4v) is 1.05. The van der Waals surface area contributed by atoms with Gasteiger partial charge in [0.05, 0.1) is 0 Å². The fourth-order valence-electron chi connectivity index (χ4n) is 1.05. The van der Waals surface area contributed by atoms with Crippen LogP contribution >= 0.6 is 0 Å². The van der Waals surface area contributed by atoms with Crippen LogP contribution in [0, 0.1) is 23.7 Å². The highest BCUT2D eigenvalue weighted by Gasteiger charge is 2.44. The zero-order valence-corrected chi connectivity index (χ0v) is 6.82. The third-order valence-electron chi connectivity index (χ3n) is 1.67. The molecule has 1 rings (SSSR count). The van der Waals surface area contributed by atoms with Crippen LogP contribution < -0.4 is 0 Å². The summed E-state index contributed by atoms with van der Waals surface area (Å²) in [7, 11) is 0. The molecule has 0 aromatic heterocycles. The van der Waals surface area contributed by atoms with E-state index in [0.717, 1.165) is 0 Å². The molecular formula is C9H12F2. The first-order chi connectivity index (χ1) is 4.99. The van der Waals surface area contributed by atoms with Gasteiger partial charge in [0.2, 0.25) is 0 Å². The van der Waals surface area contributed by atoms with Gasteiger partial charge in [-0.05, 0) is 0 Å². The quantitative estimate of drug-likeness (QED) is 0.475. The van der Waals surface area contributed by atoms with Gasteiger partial charge in [0.25, 0.3) is 5.92 Å². The largest absolute Gasteiger partial charge is 0.250 e. The lowest BCUT2D eigenvalue weighted by Gasteiger charge is -2.31. The Morgan fingerprint density at radius 1 is 1.36 bits per heavy atom. The highest BCUT2D eigenvalue weighted by atomic mass is 19.3. The van der Waals surface area contributed by atoms with Gasteiger partial charge in [-0.2, -0.15) is 0 Å². The Kier molecular flexibility index (Phi) is 2.17. The van der Waals surface area contributed by atoms with E-state index in [-0.39, 0.29) is 18.8 Å². The van der Waals surface area contributed by atoms with E-state index < -0.39 is 5.92 Å². The molecule has 1 aliphatic carbocycles. The normalized spacial score (nSPS) is 22.3. The third kappa shape index (κ3) is 2.49. The molecule has 0 atom stereocenters. The van der Waals surface area contributed by atoms with Crippen molar-refractivity contribution in [2.75, 3.05) is 0 Å². The topological polar surface area (TPSA) is 0 Å². The SMILES string of the molecule is CC(C)C#CC1CC(F)(F)C1. The molecule has 1 aliphatic rings.